The Labute approximate surface area is 137 Å². The molecule has 0 aliphatic heterocycles. The van der Waals surface area contributed by atoms with Crippen molar-refractivity contribution in [3.05, 3.63) is 49.1 Å². The van der Waals surface area contributed by atoms with Crippen molar-refractivity contribution in [2.24, 2.45) is 0 Å². The van der Waals surface area contributed by atoms with Crippen molar-refractivity contribution in [2.75, 3.05) is 0 Å². The maximum absolute atomic E-state index is 10.6. The van der Waals surface area contributed by atoms with E-state index in [-0.39, 0.29) is 6.04 Å². The van der Waals surface area contributed by atoms with Crippen LogP contribution in [0, 0.1) is 0 Å². The molecule has 0 aliphatic carbocycles. The standard InChI is InChI=1S/C13H13Br3N2O/c1-7(2)18-12(11(16)6-17-18)13(19)8-3-9(14)5-10(15)4-8/h3-7,13,19H,1-2H3. The highest BCUT2D eigenvalue weighted by Crippen LogP contribution is 2.33. The molecule has 0 radical (unpaired) electrons. The van der Waals surface area contributed by atoms with Gasteiger partial charge in [0.15, 0.2) is 0 Å². The fourth-order valence-electron chi connectivity index (χ4n) is 1.91. The summed E-state index contributed by atoms with van der Waals surface area (Å²) < 4.78 is 4.47. The number of hydrogen-bond donors (Lipinski definition) is 1. The van der Waals surface area contributed by atoms with Crippen molar-refractivity contribution in [2.45, 2.75) is 26.0 Å². The number of hydrogen-bond acceptors (Lipinski definition) is 2. The van der Waals surface area contributed by atoms with Crippen LogP contribution in [0.25, 0.3) is 0 Å². The molecule has 1 N–H and O–H groups in total. The molecule has 0 amide bonds. The quantitative estimate of drug-likeness (QED) is 0.724. The highest BCUT2D eigenvalue weighted by molar-refractivity contribution is 9.11. The van der Waals surface area contributed by atoms with Crippen molar-refractivity contribution in [1.29, 1.82) is 0 Å². The summed E-state index contributed by atoms with van der Waals surface area (Å²) in [6.45, 7) is 4.07. The van der Waals surface area contributed by atoms with Gasteiger partial charge in [0.05, 0.1) is 16.4 Å². The second-order valence-electron chi connectivity index (χ2n) is 4.52. The largest absolute Gasteiger partial charge is 0.382 e. The van der Waals surface area contributed by atoms with Crippen LogP contribution in [-0.2, 0) is 0 Å². The Kier molecular flexibility index (Phi) is 4.87. The van der Waals surface area contributed by atoms with Gasteiger partial charge < -0.3 is 5.11 Å². The van der Waals surface area contributed by atoms with Crippen LogP contribution in [0.15, 0.2) is 37.8 Å². The molecule has 0 bridgehead atoms. The number of aliphatic hydroxyl groups excluding tert-OH is 1. The van der Waals surface area contributed by atoms with Gasteiger partial charge in [-0.1, -0.05) is 31.9 Å². The molecule has 0 saturated heterocycles. The summed E-state index contributed by atoms with van der Waals surface area (Å²) in [6, 6.07) is 5.93. The summed E-state index contributed by atoms with van der Waals surface area (Å²) in [7, 11) is 0. The molecule has 0 spiro atoms. The van der Waals surface area contributed by atoms with E-state index in [4.69, 9.17) is 0 Å². The molecular weight excluding hydrogens is 440 g/mol. The average Bonchev–Trinajstić information content (AvgIpc) is 2.69. The van der Waals surface area contributed by atoms with Gasteiger partial charge in [-0.05, 0) is 53.5 Å². The fraction of sp³-hybridized carbons (Fsp3) is 0.308. The molecule has 0 fully saturated rings. The van der Waals surface area contributed by atoms with E-state index in [2.05, 4.69) is 52.9 Å². The Morgan fingerprint density at radius 2 is 1.68 bits per heavy atom. The number of aliphatic hydroxyl groups is 1. The first-order chi connectivity index (χ1) is 8.90. The van der Waals surface area contributed by atoms with Gasteiger partial charge in [0, 0.05) is 15.0 Å². The Hall–Kier alpha value is -0.170. The van der Waals surface area contributed by atoms with Crippen LogP contribution in [0.2, 0.25) is 0 Å². The number of rotatable bonds is 3. The third-order valence-electron chi connectivity index (χ3n) is 2.74. The van der Waals surface area contributed by atoms with Crippen LogP contribution >= 0.6 is 47.8 Å². The molecule has 6 heteroatoms. The lowest BCUT2D eigenvalue weighted by molar-refractivity contribution is 0.204. The summed E-state index contributed by atoms with van der Waals surface area (Å²) in [5.74, 6) is 0. The first-order valence-corrected chi connectivity index (χ1v) is 8.15. The number of nitrogens with zero attached hydrogens (tertiary/aromatic N) is 2. The molecule has 0 aliphatic rings. The van der Waals surface area contributed by atoms with Gasteiger partial charge in [-0.15, -0.1) is 0 Å². The molecule has 3 nitrogen and oxygen atoms in total. The summed E-state index contributed by atoms with van der Waals surface area (Å²) in [6.07, 6.45) is 0.985. The summed E-state index contributed by atoms with van der Waals surface area (Å²) >= 11 is 10.3. The zero-order chi connectivity index (χ0) is 14.2. The van der Waals surface area contributed by atoms with Gasteiger partial charge in [-0.3, -0.25) is 4.68 Å². The average molecular weight is 453 g/mol. The van der Waals surface area contributed by atoms with Crippen LogP contribution in [0.1, 0.15) is 37.3 Å². The Morgan fingerprint density at radius 1 is 1.11 bits per heavy atom. The van der Waals surface area contributed by atoms with Crippen molar-refractivity contribution < 1.29 is 5.11 Å². The maximum atomic E-state index is 10.6. The summed E-state index contributed by atoms with van der Waals surface area (Å²) in [4.78, 5) is 0. The number of halogens is 3. The maximum Gasteiger partial charge on any atom is 0.122 e. The van der Waals surface area contributed by atoms with E-state index >= 15 is 0 Å². The molecule has 2 rings (SSSR count). The minimum Gasteiger partial charge on any atom is -0.382 e. The summed E-state index contributed by atoms with van der Waals surface area (Å²) in [5.41, 5.74) is 1.57. The fourth-order valence-corrected chi connectivity index (χ4v) is 3.73. The topological polar surface area (TPSA) is 38.0 Å². The Morgan fingerprint density at radius 3 is 2.21 bits per heavy atom. The second-order valence-corrected chi connectivity index (χ2v) is 7.21. The van der Waals surface area contributed by atoms with Crippen LogP contribution in [0.3, 0.4) is 0 Å². The van der Waals surface area contributed by atoms with Crippen molar-refractivity contribution in [3.63, 3.8) is 0 Å². The highest BCUT2D eigenvalue weighted by atomic mass is 79.9. The van der Waals surface area contributed by atoms with Crippen LogP contribution < -0.4 is 0 Å². The minimum absolute atomic E-state index is 0.187. The van der Waals surface area contributed by atoms with E-state index in [1.54, 1.807) is 6.20 Å². The van der Waals surface area contributed by atoms with Gasteiger partial charge in [-0.2, -0.15) is 5.10 Å². The summed E-state index contributed by atoms with van der Waals surface area (Å²) in [5, 5.41) is 14.9. The predicted octanol–water partition coefficient (Wildman–Crippen LogP) is 4.83. The zero-order valence-corrected chi connectivity index (χ0v) is 15.2. The first kappa shape index (κ1) is 15.2. The van der Waals surface area contributed by atoms with Crippen molar-refractivity contribution in [1.82, 2.24) is 9.78 Å². The predicted molar refractivity (Wildman–Crippen MR) is 86.2 cm³/mol. The van der Waals surface area contributed by atoms with Gasteiger partial charge >= 0.3 is 0 Å². The Balaban J connectivity index is 2.49. The lowest BCUT2D eigenvalue weighted by Crippen LogP contribution is -2.12. The monoisotopic (exact) mass is 450 g/mol. The van der Waals surface area contributed by atoms with Crippen LogP contribution in [0.5, 0.6) is 0 Å². The number of benzene rings is 1. The molecule has 1 unspecified atom stereocenters. The van der Waals surface area contributed by atoms with Crippen LogP contribution in [0.4, 0.5) is 0 Å². The molecule has 1 heterocycles. The molecule has 1 atom stereocenters. The van der Waals surface area contributed by atoms with E-state index < -0.39 is 6.10 Å². The lowest BCUT2D eigenvalue weighted by atomic mass is 10.1. The van der Waals surface area contributed by atoms with Gasteiger partial charge in [0.2, 0.25) is 0 Å². The highest BCUT2D eigenvalue weighted by Gasteiger charge is 2.21. The SMILES string of the molecule is CC(C)n1ncc(Br)c1C(O)c1cc(Br)cc(Br)c1. The zero-order valence-electron chi connectivity index (χ0n) is 10.4. The molecule has 19 heavy (non-hydrogen) atoms. The molecular formula is C13H13Br3N2O. The minimum atomic E-state index is -0.729. The van der Waals surface area contributed by atoms with Gasteiger partial charge in [0.1, 0.15) is 6.10 Å². The second kappa shape index (κ2) is 6.08. The van der Waals surface area contributed by atoms with E-state index in [0.29, 0.717) is 0 Å². The first-order valence-electron chi connectivity index (χ1n) is 5.77. The molecule has 0 saturated carbocycles. The van der Waals surface area contributed by atoms with Crippen molar-refractivity contribution >= 4 is 47.8 Å². The van der Waals surface area contributed by atoms with E-state index in [1.165, 1.54) is 0 Å². The van der Waals surface area contributed by atoms with Crippen molar-refractivity contribution in [3.8, 4) is 0 Å². The van der Waals surface area contributed by atoms with E-state index in [0.717, 1.165) is 24.7 Å². The van der Waals surface area contributed by atoms with Crippen LogP contribution in [-0.4, -0.2) is 14.9 Å². The lowest BCUT2D eigenvalue weighted by Gasteiger charge is -2.17. The third-order valence-corrected chi connectivity index (χ3v) is 4.26. The van der Waals surface area contributed by atoms with Gasteiger partial charge in [-0.25, -0.2) is 0 Å². The Bertz CT molecular complexity index is 575. The number of aromatic nitrogens is 2. The molecule has 102 valence electrons. The van der Waals surface area contributed by atoms with E-state index in [9.17, 15) is 5.11 Å². The molecule has 1 aromatic heterocycles. The van der Waals surface area contributed by atoms with E-state index in [1.807, 2.05) is 36.7 Å². The third kappa shape index (κ3) is 3.29. The molecule has 2 aromatic rings. The van der Waals surface area contributed by atoms with Gasteiger partial charge in [0.25, 0.3) is 0 Å². The smallest absolute Gasteiger partial charge is 0.122 e. The molecule has 1 aromatic carbocycles. The normalized spacial score (nSPS) is 13.0.